The fourth-order valence-electron chi connectivity index (χ4n) is 5.47. The number of nitriles is 1. The van der Waals surface area contributed by atoms with E-state index in [0.29, 0.717) is 46.3 Å². The summed E-state index contributed by atoms with van der Waals surface area (Å²) in [6.07, 6.45) is 1.71. The fourth-order valence-corrected chi connectivity index (χ4v) is 6.73. The monoisotopic (exact) mass is 589 g/mol. The number of rotatable bonds is 5. The Kier molecular flexibility index (Phi) is 7.78. The minimum absolute atomic E-state index is 0.0369. The number of carbonyl (C=O) groups excluding carboxylic acids is 1. The Morgan fingerprint density at radius 3 is 2.29 bits per heavy atom. The van der Waals surface area contributed by atoms with E-state index >= 15 is 0 Å². The van der Waals surface area contributed by atoms with E-state index in [1.807, 2.05) is 36.4 Å². The molecule has 12 heteroatoms. The Morgan fingerprint density at radius 1 is 1.02 bits per heavy atom. The van der Waals surface area contributed by atoms with Gasteiger partial charge in [0.15, 0.2) is 4.32 Å². The van der Waals surface area contributed by atoms with Gasteiger partial charge in [0.25, 0.3) is 17.0 Å². The summed E-state index contributed by atoms with van der Waals surface area (Å²) in [5.74, 6) is 0.245. The van der Waals surface area contributed by atoms with Crippen molar-refractivity contribution in [1.29, 1.82) is 5.26 Å². The lowest BCUT2D eigenvalue weighted by Crippen LogP contribution is -2.48. The molecule has 0 N–H and O–H groups in total. The third-order valence-corrected chi connectivity index (χ3v) is 9.21. The van der Waals surface area contributed by atoms with Crippen molar-refractivity contribution in [3.63, 3.8) is 0 Å². The molecule has 5 rings (SSSR count). The largest absolute Gasteiger partial charge is 0.355 e. The van der Waals surface area contributed by atoms with E-state index in [-0.39, 0.29) is 26.7 Å². The number of piperazine rings is 1. The number of thioether (sulfide) groups is 1. The van der Waals surface area contributed by atoms with Crippen molar-refractivity contribution < 1.29 is 4.79 Å². The van der Waals surface area contributed by atoms with Crippen LogP contribution in [-0.4, -0.2) is 61.8 Å². The number of carbonyl (C=O) groups is 1. The Bertz CT molecular complexity index is 1750. The summed E-state index contributed by atoms with van der Waals surface area (Å²) in [5.41, 5.74) is 1.92. The van der Waals surface area contributed by atoms with Gasteiger partial charge in [-0.15, -0.1) is 0 Å². The molecule has 3 aromatic rings. The lowest BCUT2D eigenvalue weighted by Gasteiger charge is -2.37. The number of hydrogen-bond donors (Lipinski definition) is 0. The Labute approximate surface area is 247 Å². The number of pyridine rings is 1. The summed E-state index contributed by atoms with van der Waals surface area (Å²) in [7, 11) is 3.43. The summed E-state index contributed by atoms with van der Waals surface area (Å²) in [5, 5.41) is 9.80. The van der Waals surface area contributed by atoms with Gasteiger partial charge in [-0.25, -0.2) is 4.68 Å². The van der Waals surface area contributed by atoms with E-state index in [1.54, 1.807) is 38.7 Å². The van der Waals surface area contributed by atoms with Crippen molar-refractivity contribution in [2.75, 3.05) is 42.5 Å². The maximum absolute atomic E-state index is 13.9. The number of thiocarbonyl (C=S) groups is 1. The van der Waals surface area contributed by atoms with E-state index < -0.39 is 5.91 Å². The number of aromatic nitrogens is 3. The number of likely N-dealkylation sites (N-methyl/N-ethyl adjacent to an activating group) is 1. The molecule has 0 aliphatic carbocycles. The molecule has 2 aliphatic rings. The molecule has 2 saturated heterocycles. The van der Waals surface area contributed by atoms with Gasteiger partial charge in [0.2, 0.25) is 0 Å². The second-order valence-electron chi connectivity index (χ2n) is 10.1. The number of anilines is 2. The highest BCUT2D eigenvalue weighted by Gasteiger charge is 2.38. The van der Waals surface area contributed by atoms with Crippen LogP contribution in [-0.2, 0) is 18.9 Å². The van der Waals surface area contributed by atoms with E-state index in [9.17, 15) is 19.6 Å². The Morgan fingerprint density at radius 2 is 1.68 bits per heavy atom. The van der Waals surface area contributed by atoms with Gasteiger partial charge in [-0.2, -0.15) is 5.26 Å². The molecule has 0 unspecified atom stereocenters. The molecule has 0 radical (unpaired) electrons. The van der Waals surface area contributed by atoms with Crippen LogP contribution < -0.4 is 20.9 Å². The minimum atomic E-state index is -0.417. The second kappa shape index (κ2) is 11.2. The van der Waals surface area contributed by atoms with Gasteiger partial charge in [-0.3, -0.25) is 28.5 Å². The van der Waals surface area contributed by atoms with Crippen molar-refractivity contribution >= 4 is 51.8 Å². The van der Waals surface area contributed by atoms with Crippen LogP contribution in [0, 0.1) is 25.2 Å². The van der Waals surface area contributed by atoms with Crippen molar-refractivity contribution in [2.24, 2.45) is 14.1 Å². The van der Waals surface area contributed by atoms with E-state index in [1.165, 1.54) is 14.1 Å². The maximum atomic E-state index is 13.9. The molecular weight excluding hydrogens is 558 g/mol. The molecule has 0 atom stereocenters. The standard InChI is InChI=1S/C29H31N7O3S2/c1-6-33-12-14-34(15-13-33)25-21(18(2)22(17-30)26(37)31(25)4)16-23-27(38)35(29(40)41-23)24-19(3)32(5)36(28(24)39)20-10-8-7-9-11-20/h7-11,16H,6,12-15H2,1-5H3/b23-16-. The third-order valence-electron chi connectivity index (χ3n) is 7.90. The average Bonchev–Trinajstić information content (AvgIpc) is 3.36. The first-order chi connectivity index (χ1) is 19.6. The number of benzene rings is 1. The summed E-state index contributed by atoms with van der Waals surface area (Å²) in [6, 6.07) is 11.3. The first kappa shape index (κ1) is 28.6. The quantitative estimate of drug-likeness (QED) is 0.331. The summed E-state index contributed by atoms with van der Waals surface area (Å²) >= 11 is 6.75. The topological polar surface area (TPSA) is 99.5 Å². The van der Waals surface area contributed by atoms with Crippen LogP contribution in [0.15, 0.2) is 44.8 Å². The number of hydrogen-bond acceptors (Lipinski definition) is 8. The zero-order valence-electron chi connectivity index (χ0n) is 23.7. The van der Waals surface area contributed by atoms with Crippen LogP contribution in [0.3, 0.4) is 0 Å². The predicted molar refractivity (Wildman–Crippen MR) is 167 cm³/mol. The molecule has 0 bridgehead atoms. The first-order valence-electron chi connectivity index (χ1n) is 13.3. The van der Waals surface area contributed by atoms with Crippen LogP contribution in [0.1, 0.15) is 29.3 Å². The third kappa shape index (κ3) is 4.73. The van der Waals surface area contributed by atoms with Crippen molar-refractivity contribution in [2.45, 2.75) is 20.8 Å². The predicted octanol–water partition coefficient (Wildman–Crippen LogP) is 2.91. The van der Waals surface area contributed by atoms with Gasteiger partial charge in [0.1, 0.15) is 23.1 Å². The summed E-state index contributed by atoms with van der Waals surface area (Å²) < 4.78 is 4.96. The van der Waals surface area contributed by atoms with Crippen LogP contribution in [0.2, 0.25) is 0 Å². The molecule has 1 aromatic carbocycles. The molecule has 0 spiro atoms. The van der Waals surface area contributed by atoms with E-state index in [2.05, 4.69) is 16.7 Å². The van der Waals surface area contributed by atoms with Crippen molar-refractivity contribution in [3.05, 3.63) is 78.3 Å². The highest BCUT2D eigenvalue weighted by molar-refractivity contribution is 8.27. The minimum Gasteiger partial charge on any atom is -0.355 e. The normalized spacial score (nSPS) is 17.1. The van der Waals surface area contributed by atoms with Crippen LogP contribution in [0.25, 0.3) is 11.8 Å². The zero-order valence-corrected chi connectivity index (χ0v) is 25.3. The van der Waals surface area contributed by atoms with Crippen LogP contribution in [0.4, 0.5) is 11.5 Å². The molecular formula is C29H31N7O3S2. The molecule has 2 fully saturated rings. The number of amides is 1. The molecule has 0 saturated carbocycles. The van der Waals surface area contributed by atoms with Crippen LogP contribution >= 0.6 is 24.0 Å². The highest BCUT2D eigenvalue weighted by atomic mass is 32.2. The van der Waals surface area contributed by atoms with Crippen molar-refractivity contribution in [3.8, 4) is 11.8 Å². The number of nitrogens with zero attached hydrogens (tertiary/aromatic N) is 7. The first-order valence-corrected chi connectivity index (χ1v) is 14.6. The van der Waals surface area contributed by atoms with Gasteiger partial charge >= 0.3 is 0 Å². The molecule has 2 aromatic heterocycles. The Balaban J connectivity index is 1.62. The van der Waals surface area contributed by atoms with Gasteiger partial charge in [-0.05, 0) is 44.2 Å². The van der Waals surface area contributed by atoms with E-state index in [4.69, 9.17) is 12.2 Å². The molecule has 212 valence electrons. The second-order valence-corrected chi connectivity index (χ2v) is 11.7. The highest BCUT2D eigenvalue weighted by Crippen LogP contribution is 2.38. The molecule has 1 amide bonds. The maximum Gasteiger partial charge on any atom is 0.296 e. The number of para-hydroxylation sites is 1. The molecule has 41 heavy (non-hydrogen) atoms. The average molecular weight is 590 g/mol. The Hall–Kier alpha value is -3.92. The lowest BCUT2D eigenvalue weighted by atomic mass is 10.0. The van der Waals surface area contributed by atoms with E-state index in [0.717, 1.165) is 31.4 Å². The van der Waals surface area contributed by atoms with Gasteiger partial charge in [0.05, 0.1) is 16.3 Å². The summed E-state index contributed by atoms with van der Waals surface area (Å²) in [6.45, 7) is 9.67. The van der Waals surface area contributed by atoms with Gasteiger partial charge < -0.3 is 9.80 Å². The SMILES string of the molecule is CCN1CCN(c2c(/C=C3\SC(=S)N(c4c(C)n(C)n(-c5ccccc5)c4=O)C3=O)c(C)c(C#N)c(=O)n2C)CC1. The van der Waals surface area contributed by atoms with Gasteiger partial charge in [-0.1, -0.05) is 49.1 Å². The molecule has 10 nitrogen and oxygen atoms in total. The smallest absolute Gasteiger partial charge is 0.296 e. The van der Waals surface area contributed by atoms with Crippen molar-refractivity contribution in [1.82, 2.24) is 18.8 Å². The zero-order chi connectivity index (χ0) is 29.6. The molecule has 4 heterocycles. The lowest BCUT2D eigenvalue weighted by molar-refractivity contribution is -0.113. The van der Waals surface area contributed by atoms with Gasteiger partial charge in [0, 0.05) is 45.8 Å². The molecule has 2 aliphatic heterocycles. The van der Waals surface area contributed by atoms with Crippen LogP contribution in [0.5, 0.6) is 0 Å². The summed E-state index contributed by atoms with van der Waals surface area (Å²) in [4.78, 5) is 46.8. The fraction of sp³-hybridized carbons (Fsp3) is 0.345.